The van der Waals surface area contributed by atoms with E-state index in [1.54, 1.807) is 0 Å². The highest BCUT2D eigenvalue weighted by Crippen LogP contribution is 2.45. The van der Waals surface area contributed by atoms with E-state index >= 15 is 0 Å². The van der Waals surface area contributed by atoms with E-state index in [0.29, 0.717) is 25.7 Å². The lowest BCUT2D eigenvalue weighted by Gasteiger charge is -2.21. The number of hydrogen-bond acceptors (Lipinski definition) is 15. The monoisotopic (exact) mass is 1480 g/mol. The lowest BCUT2D eigenvalue weighted by Crippen LogP contribution is -2.30. The largest absolute Gasteiger partial charge is 0.472 e. The zero-order chi connectivity index (χ0) is 74.1. The van der Waals surface area contributed by atoms with Crippen LogP contribution in [0.15, 0.2) is 0 Å². The van der Waals surface area contributed by atoms with Gasteiger partial charge in [0.15, 0.2) is 12.2 Å². The SMILES string of the molecule is CCCCCCCCCCCCCCCCCCCC(=O)OC[C@H](COP(=O)(O)OC[C@@H](O)COP(=O)(O)OC[C@@H](COC(=O)CCCCCCCCCCCC)OC(=O)CCCCCCCCCCCCCCCCCC)OC(=O)CCCCCCCCCCCCCCCCC(C)CC. The van der Waals surface area contributed by atoms with Crippen molar-refractivity contribution in [2.24, 2.45) is 5.92 Å². The van der Waals surface area contributed by atoms with Crippen LogP contribution in [0.5, 0.6) is 0 Å². The summed E-state index contributed by atoms with van der Waals surface area (Å²) in [5.41, 5.74) is 0. The fraction of sp³-hybridized carbons (Fsp3) is 0.951. The predicted octanol–water partition coefficient (Wildman–Crippen LogP) is 24.8. The van der Waals surface area contributed by atoms with Gasteiger partial charge in [0, 0.05) is 25.7 Å². The van der Waals surface area contributed by atoms with E-state index in [1.807, 2.05) is 0 Å². The quantitative estimate of drug-likeness (QED) is 0.0222. The summed E-state index contributed by atoms with van der Waals surface area (Å²) in [5, 5.41) is 10.7. The van der Waals surface area contributed by atoms with Gasteiger partial charge in [-0.25, -0.2) is 9.13 Å². The number of phosphoric acid groups is 2. The Morgan fingerprint density at radius 1 is 0.277 bits per heavy atom. The van der Waals surface area contributed by atoms with E-state index in [2.05, 4.69) is 34.6 Å². The first-order chi connectivity index (χ1) is 49.1. The number of aliphatic hydroxyl groups excluding tert-OH is 1. The van der Waals surface area contributed by atoms with Gasteiger partial charge >= 0.3 is 39.5 Å². The third kappa shape index (κ3) is 74.7. The summed E-state index contributed by atoms with van der Waals surface area (Å²) in [7, 11) is -9.92. The molecule has 0 aromatic rings. The van der Waals surface area contributed by atoms with Crippen LogP contribution in [-0.4, -0.2) is 96.7 Å². The molecule has 0 fully saturated rings. The molecule has 19 heteroatoms. The van der Waals surface area contributed by atoms with Gasteiger partial charge in [-0.15, -0.1) is 0 Å². The number of rotatable bonds is 82. The van der Waals surface area contributed by atoms with Gasteiger partial charge in [0.05, 0.1) is 26.4 Å². The van der Waals surface area contributed by atoms with Crippen LogP contribution in [-0.2, 0) is 65.4 Å². The van der Waals surface area contributed by atoms with E-state index in [-0.39, 0.29) is 25.7 Å². The number of aliphatic hydroxyl groups is 1. The molecule has 600 valence electrons. The maximum absolute atomic E-state index is 13.1. The minimum atomic E-state index is -4.96. The molecule has 0 saturated carbocycles. The molecule has 0 aromatic heterocycles. The highest BCUT2D eigenvalue weighted by molar-refractivity contribution is 7.47. The van der Waals surface area contributed by atoms with Crippen molar-refractivity contribution < 1.29 is 80.2 Å². The highest BCUT2D eigenvalue weighted by Gasteiger charge is 2.30. The number of carbonyl (C=O) groups is 4. The van der Waals surface area contributed by atoms with Crippen molar-refractivity contribution >= 4 is 39.5 Å². The molecule has 3 N–H and O–H groups in total. The maximum atomic E-state index is 13.1. The van der Waals surface area contributed by atoms with Crippen LogP contribution in [0.2, 0.25) is 0 Å². The van der Waals surface area contributed by atoms with Gasteiger partial charge in [0.25, 0.3) is 0 Å². The van der Waals surface area contributed by atoms with Crippen molar-refractivity contribution in [3.8, 4) is 0 Å². The van der Waals surface area contributed by atoms with Crippen LogP contribution in [0.4, 0.5) is 0 Å². The van der Waals surface area contributed by atoms with E-state index in [9.17, 15) is 43.2 Å². The maximum Gasteiger partial charge on any atom is 0.472 e. The molecule has 0 aliphatic rings. The Kier molecular flexibility index (Phi) is 73.5. The second-order valence-corrected chi connectivity index (χ2v) is 32.7. The van der Waals surface area contributed by atoms with Gasteiger partial charge < -0.3 is 33.8 Å². The van der Waals surface area contributed by atoms with Gasteiger partial charge in [0.2, 0.25) is 0 Å². The Morgan fingerprint density at radius 3 is 0.703 bits per heavy atom. The summed E-state index contributed by atoms with van der Waals surface area (Å²) in [4.78, 5) is 73.1. The molecule has 0 radical (unpaired) electrons. The topological polar surface area (TPSA) is 237 Å². The average Bonchev–Trinajstić information content (AvgIpc) is 1.05. The number of carbonyl (C=O) groups excluding carboxylic acids is 4. The van der Waals surface area contributed by atoms with Crippen molar-refractivity contribution in [3.05, 3.63) is 0 Å². The molecular formula is C82H160O17P2. The average molecular weight is 1480 g/mol. The first-order valence-electron chi connectivity index (χ1n) is 42.7. The fourth-order valence-corrected chi connectivity index (χ4v) is 14.3. The lowest BCUT2D eigenvalue weighted by molar-refractivity contribution is -0.161. The minimum absolute atomic E-state index is 0.109. The van der Waals surface area contributed by atoms with E-state index in [4.69, 9.17) is 37.0 Å². The zero-order valence-electron chi connectivity index (χ0n) is 66.1. The van der Waals surface area contributed by atoms with Crippen molar-refractivity contribution in [3.63, 3.8) is 0 Å². The van der Waals surface area contributed by atoms with Gasteiger partial charge in [-0.05, 0) is 31.6 Å². The molecule has 0 spiro atoms. The molecule has 0 aromatic carbocycles. The smallest absolute Gasteiger partial charge is 0.462 e. The molecule has 0 heterocycles. The molecular weight excluding hydrogens is 1320 g/mol. The molecule has 0 aliphatic heterocycles. The highest BCUT2D eigenvalue weighted by atomic mass is 31.2. The first-order valence-corrected chi connectivity index (χ1v) is 45.7. The van der Waals surface area contributed by atoms with E-state index in [0.717, 1.165) is 95.8 Å². The van der Waals surface area contributed by atoms with Gasteiger partial charge in [0.1, 0.15) is 19.3 Å². The summed E-state index contributed by atoms with van der Waals surface area (Å²) in [6.07, 6.45) is 66.4. The number of unbranched alkanes of at least 4 members (excludes halogenated alkanes) is 53. The molecule has 0 rings (SSSR count). The van der Waals surface area contributed by atoms with Crippen molar-refractivity contribution in [1.29, 1.82) is 0 Å². The van der Waals surface area contributed by atoms with Gasteiger partial charge in [-0.2, -0.15) is 0 Å². The molecule has 0 saturated heterocycles. The van der Waals surface area contributed by atoms with Crippen molar-refractivity contribution in [2.75, 3.05) is 39.6 Å². The van der Waals surface area contributed by atoms with Crippen molar-refractivity contribution in [1.82, 2.24) is 0 Å². The third-order valence-corrected chi connectivity index (χ3v) is 21.5. The Hall–Kier alpha value is -1.94. The minimum Gasteiger partial charge on any atom is -0.462 e. The first kappa shape index (κ1) is 99.1. The third-order valence-electron chi connectivity index (χ3n) is 19.6. The molecule has 0 aliphatic carbocycles. The summed E-state index contributed by atoms with van der Waals surface area (Å²) >= 11 is 0. The molecule has 17 nitrogen and oxygen atoms in total. The number of ether oxygens (including phenoxy) is 4. The Bertz CT molecular complexity index is 1930. The summed E-state index contributed by atoms with van der Waals surface area (Å²) in [6.45, 7) is 7.39. The number of hydrogen-bond donors (Lipinski definition) is 3. The Labute approximate surface area is 619 Å². The second-order valence-electron chi connectivity index (χ2n) is 29.8. The fourth-order valence-electron chi connectivity index (χ4n) is 12.7. The van der Waals surface area contributed by atoms with Crippen LogP contribution in [0.1, 0.15) is 439 Å². The second kappa shape index (κ2) is 74.9. The van der Waals surface area contributed by atoms with Crippen LogP contribution in [0.3, 0.4) is 0 Å². The van der Waals surface area contributed by atoms with E-state index < -0.39 is 97.5 Å². The molecule has 101 heavy (non-hydrogen) atoms. The predicted molar refractivity (Wildman–Crippen MR) is 414 cm³/mol. The number of esters is 4. The van der Waals surface area contributed by atoms with E-state index in [1.165, 1.54) is 263 Å². The summed E-state index contributed by atoms with van der Waals surface area (Å²) < 4.78 is 68.8. The summed E-state index contributed by atoms with van der Waals surface area (Å²) in [6, 6.07) is 0. The van der Waals surface area contributed by atoms with Crippen LogP contribution < -0.4 is 0 Å². The Morgan fingerprint density at radius 2 is 0.475 bits per heavy atom. The Balaban J connectivity index is 5.24. The van der Waals surface area contributed by atoms with Crippen LogP contribution in [0.25, 0.3) is 0 Å². The lowest BCUT2D eigenvalue weighted by atomic mass is 9.99. The standard InChI is InChI=1S/C82H160O17P2/c1-6-10-13-16-19-22-25-27-29-31-33-37-41-46-51-56-61-66-80(85)93-72-78(99-82(87)68-63-58-53-48-43-39-35-34-36-40-44-49-54-59-64-75(5)9-4)74-97-101(90,91)95-70-76(83)69-94-100(88,89)96-73-77(71-92-79(84)65-60-55-50-45-24-21-18-15-12-8-3)98-81(86)67-62-57-52-47-42-38-32-30-28-26-23-20-17-14-11-7-2/h75-78,83H,6-74H2,1-5H3,(H,88,89)(H,90,91)/t75?,76-,77+,78+/m0/s1. The molecule has 3 unspecified atom stereocenters. The summed E-state index contributed by atoms with van der Waals surface area (Å²) in [5.74, 6) is -1.26. The molecule has 0 amide bonds. The van der Waals surface area contributed by atoms with Crippen molar-refractivity contribution in [2.45, 2.75) is 457 Å². The van der Waals surface area contributed by atoms with Crippen LogP contribution >= 0.6 is 15.6 Å². The van der Waals surface area contributed by atoms with Crippen LogP contribution in [0, 0.1) is 5.92 Å². The molecule has 0 bridgehead atoms. The normalized spacial score (nSPS) is 14.1. The van der Waals surface area contributed by atoms with Gasteiger partial charge in [-0.1, -0.05) is 388 Å². The number of phosphoric ester groups is 2. The van der Waals surface area contributed by atoms with Gasteiger partial charge in [-0.3, -0.25) is 37.3 Å². The molecule has 6 atom stereocenters. The zero-order valence-corrected chi connectivity index (χ0v) is 67.8.